The molecule has 106 valence electrons. The van der Waals surface area contributed by atoms with Gasteiger partial charge in [0.1, 0.15) is 6.04 Å². The first-order chi connectivity index (χ1) is 8.26. The van der Waals surface area contributed by atoms with E-state index < -0.39 is 33.3 Å². The van der Waals surface area contributed by atoms with Crippen LogP contribution in [0.2, 0.25) is 0 Å². The molecule has 0 aliphatic rings. The smallest absolute Gasteiger partial charge is 0.325 e. The Bertz CT molecular complexity index is 392. The fraction of sp³-hybridized carbons (Fsp3) is 0.778. The second kappa shape index (κ2) is 7.29. The van der Waals surface area contributed by atoms with E-state index in [0.717, 1.165) is 14.0 Å². The first-order valence-corrected chi connectivity index (χ1v) is 6.61. The minimum Gasteiger partial charge on any atom is -0.480 e. The quantitative estimate of drug-likeness (QED) is 0.546. The predicted octanol–water partition coefficient (Wildman–Crippen LogP) is -1.04. The molecule has 0 aromatic carbocycles. The zero-order chi connectivity index (χ0) is 14.3. The lowest BCUT2D eigenvalue weighted by atomic mass is 10.2. The number of sulfonamides is 1. The van der Waals surface area contributed by atoms with Crippen molar-refractivity contribution in [3.63, 3.8) is 0 Å². The lowest BCUT2D eigenvalue weighted by Gasteiger charge is -2.17. The number of carboxylic acid groups (broad SMARTS) is 1. The molecule has 9 heteroatoms. The summed E-state index contributed by atoms with van der Waals surface area (Å²) in [4.78, 5) is 22.0. The van der Waals surface area contributed by atoms with E-state index in [9.17, 15) is 18.0 Å². The average molecular weight is 283 g/mol. The molecule has 0 aliphatic heterocycles. The fourth-order valence-corrected chi connectivity index (χ4v) is 2.23. The number of aliphatic carboxylic acids is 1. The van der Waals surface area contributed by atoms with Gasteiger partial charge in [-0.1, -0.05) is 0 Å². The van der Waals surface area contributed by atoms with Crippen LogP contribution in [0.15, 0.2) is 0 Å². The molecule has 0 heterocycles. The Labute approximate surface area is 105 Å². The molecule has 18 heavy (non-hydrogen) atoms. The topological polar surface area (TPSA) is 119 Å². The van der Waals surface area contributed by atoms with E-state index in [1.807, 2.05) is 4.72 Å². The second-order valence-electron chi connectivity index (χ2n) is 3.50. The van der Waals surface area contributed by atoms with E-state index in [4.69, 9.17) is 5.11 Å². The molecule has 2 unspecified atom stereocenters. The summed E-state index contributed by atoms with van der Waals surface area (Å²) >= 11 is 0. The highest BCUT2D eigenvalue weighted by atomic mass is 32.2. The normalized spacial score (nSPS) is 14.8. The number of carboxylic acids is 1. The van der Waals surface area contributed by atoms with E-state index >= 15 is 0 Å². The van der Waals surface area contributed by atoms with Crippen LogP contribution in [0.5, 0.6) is 0 Å². The fourth-order valence-electron chi connectivity index (χ4n) is 1.06. The van der Waals surface area contributed by atoms with Gasteiger partial charge < -0.3 is 14.6 Å². The van der Waals surface area contributed by atoms with Crippen molar-refractivity contribution in [3.05, 3.63) is 0 Å². The number of hydrogen-bond donors (Lipinski definition) is 2. The highest BCUT2D eigenvalue weighted by molar-refractivity contribution is 7.90. The maximum Gasteiger partial charge on any atom is 0.325 e. The van der Waals surface area contributed by atoms with E-state index in [0.29, 0.717) is 0 Å². The molecule has 0 rings (SSSR count). The number of esters is 1. The molecule has 0 aliphatic carbocycles. The minimum atomic E-state index is -4.11. The van der Waals surface area contributed by atoms with Crippen molar-refractivity contribution < 1.29 is 32.6 Å². The van der Waals surface area contributed by atoms with Crippen LogP contribution in [-0.2, 0) is 29.1 Å². The molecule has 0 saturated heterocycles. The summed E-state index contributed by atoms with van der Waals surface area (Å²) in [7, 11) is -1.69. The molecule has 0 fully saturated rings. The van der Waals surface area contributed by atoms with Crippen molar-refractivity contribution in [2.75, 3.05) is 20.8 Å². The van der Waals surface area contributed by atoms with Gasteiger partial charge in [-0.05, 0) is 13.3 Å². The van der Waals surface area contributed by atoms with Crippen LogP contribution >= 0.6 is 0 Å². The summed E-state index contributed by atoms with van der Waals surface area (Å²) < 4.78 is 34.3. The highest BCUT2D eigenvalue weighted by Crippen LogP contribution is 2.04. The summed E-state index contributed by atoms with van der Waals surface area (Å²) in [5.74, 6) is -2.30. The third-order valence-electron chi connectivity index (χ3n) is 2.21. The van der Waals surface area contributed by atoms with Gasteiger partial charge in [-0.3, -0.25) is 9.59 Å². The van der Waals surface area contributed by atoms with Crippen molar-refractivity contribution in [2.24, 2.45) is 0 Å². The van der Waals surface area contributed by atoms with Gasteiger partial charge in [0.2, 0.25) is 10.0 Å². The summed E-state index contributed by atoms with van der Waals surface area (Å²) in [6.45, 7) is 1.19. The predicted molar refractivity (Wildman–Crippen MR) is 61.5 cm³/mol. The minimum absolute atomic E-state index is 0.0427. The molecule has 0 radical (unpaired) electrons. The van der Waals surface area contributed by atoms with E-state index in [-0.39, 0.29) is 13.0 Å². The highest BCUT2D eigenvalue weighted by Gasteiger charge is 2.33. The third kappa shape index (κ3) is 4.98. The zero-order valence-electron chi connectivity index (χ0n) is 10.4. The maximum atomic E-state index is 11.7. The summed E-state index contributed by atoms with van der Waals surface area (Å²) in [6, 6.07) is -1.35. The molecule has 2 atom stereocenters. The molecule has 0 spiro atoms. The first kappa shape index (κ1) is 16.8. The number of methoxy groups -OCH3 is 2. The molecule has 8 nitrogen and oxygen atoms in total. The number of ether oxygens (including phenoxy) is 2. The Kier molecular flexibility index (Phi) is 6.81. The zero-order valence-corrected chi connectivity index (χ0v) is 11.2. The monoisotopic (exact) mass is 283 g/mol. The maximum absolute atomic E-state index is 11.7. The molecule has 0 amide bonds. The van der Waals surface area contributed by atoms with E-state index in [1.54, 1.807) is 0 Å². The van der Waals surface area contributed by atoms with Crippen LogP contribution < -0.4 is 4.72 Å². The second-order valence-corrected chi connectivity index (χ2v) is 5.53. The van der Waals surface area contributed by atoms with Gasteiger partial charge in [0.15, 0.2) is 5.25 Å². The Balaban J connectivity index is 4.80. The van der Waals surface area contributed by atoms with Crippen LogP contribution in [0.3, 0.4) is 0 Å². The molecule has 0 aromatic rings. The van der Waals surface area contributed by atoms with Crippen LogP contribution in [0.25, 0.3) is 0 Å². The average Bonchev–Trinajstić information content (AvgIpc) is 2.31. The van der Waals surface area contributed by atoms with Crippen LogP contribution in [0, 0.1) is 0 Å². The Morgan fingerprint density at radius 3 is 2.28 bits per heavy atom. The van der Waals surface area contributed by atoms with Gasteiger partial charge in [-0.2, -0.15) is 0 Å². The number of hydrogen-bond acceptors (Lipinski definition) is 6. The molecule has 0 aromatic heterocycles. The van der Waals surface area contributed by atoms with Gasteiger partial charge in [0, 0.05) is 13.7 Å². The summed E-state index contributed by atoms with van der Waals surface area (Å²) in [6.07, 6.45) is -0.0427. The summed E-state index contributed by atoms with van der Waals surface area (Å²) in [5.41, 5.74) is 0. The van der Waals surface area contributed by atoms with Crippen LogP contribution in [-0.4, -0.2) is 57.6 Å². The first-order valence-electron chi connectivity index (χ1n) is 5.07. The lowest BCUT2D eigenvalue weighted by Crippen LogP contribution is -2.47. The standard InChI is InChI=1S/C9H17NO7S/c1-6(9(13)17-3)18(14,15)10-7(8(11)12)4-5-16-2/h6-7,10H,4-5H2,1-3H3,(H,11,12). The number of carbonyl (C=O) groups excluding carboxylic acids is 1. The van der Waals surface area contributed by atoms with Crippen molar-refractivity contribution in [2.45, 2.75) is 24.6 Å². The van der Waals surface area contributed by atoms with Gasteiger partial charge in [0.05, 0.1) is 7.11 Å². The lowest BCUT2D eigenvalue weighted by molar-refractivity contribution is -0.141. The van der Waals surface area contributed by atoms with Crippen molar-refractivity contribution >= 4 is 22.0 Å². The molecule has 0 saturated carbocycles. The Morgan fingerprint density at radius 1 is 1.33 bits per heavy atom. The Hall–Kier alpha value is -1.19. The molecule has 2 N–H and O–H groups in total. The van der Waals surface area contributed by atoms with E-state index in [1.165, 1.54) is 7.11 Å². The van der Waals surface area contributed by atoms with Gasteiger partial charge in [0.25, 0.3) is 0 Å². The van der Waals surface area contributed by atoms with E-state index in [2.05, 4.69) is 9.47 Å². The van der Waals surface area contributed by atoms with Crippen LogP contribution in [0.1, 0.15) is 13.3 Å². The molecular weight excluding hydrogens is 266 g/mol. The number of nitrogens with one attached hydrogen (secondary N) is 1. The number of rotatable bonds is 8. The van der Waals surface area contributed by atoms with Gasteiger partial charge in [-0.15, -0.1) is 0 Å². The summed E-state index contributed by atoms with van der Waals surface area (Å²) in [5, 5.41) is 7.36. The molecular formula is C9H17NO7S. The van der Waals surface area contributed by atoms with Crippen LogP contribution in [0.4, 0.5) is 0 Å². The Morgan fingerprint density at radius 2 is 1.89 bits per heavy atom. The van der Waals surface area contributed by atoms with Crippen molar-refractivity contribution in [1.29, 1.82) is 0 Å². The SMILES string of the molecule is COCCC(NS(=O)(=O)C(C)C(=O)OC)C(=O)O. The largest absolute Gasteiger partial charge is 0.480 e. The van der Waals surface area contributed by atoms with Crippen molar-refractivity contribution in [3.8, 4) is 0 Å². The van der Waals surface area contributed by atoms with Gasteiger partial charge >= 0.3 is 11.9 Å². The van der Waals surface area contributed by atoms with Crippen molar-refractivity contribution in [1.82, 2.24) is 4.72 Å². The number of carbonyl (C=O) groups is 2. The third-order valence-corrected chi connectivity index (χ3v) is 3.95. The van der Waals surface area contributed by atoms with Gasteiger partial charge in [-0.25, -0.2) is 13.1 Å². The molecule has 0 bridgehead atoms.